The Hall–Kier alpha value is -1.93. The van der Waals surface area contributed by atoms with Crippen molar-refractivity contribution < 1.29 is 13.2 Å². The molecule has 132 valence electrons. The normalized spacial score (nSPS) is 17.0. The number of sulfonamides is 1. The van der Waals surface area contributed by atoms with Crippen molar-refractivity contribution in [2.45, 2.75) is 50.0 Å². The lowest BCUT2D eigenvalue weighted by Crippen LogP contribution is -2.48. The van der Waals surface area contributed by atoms with Crippen molar-refractivity contribution in [3.05, 3.63) is 24.3 Å². The van der Waals surface area contributed by atoms with Crippen LogP contribution in [0.25, 0.3) is 0 Å². The molecule has 1 aromatic carbocycles. The number of carbonyl (C=O) groups excluding carboxylic acids is 1. The molecular formula is C16H24N4O3S. The molecular weight excluding hydrogens is 328 g/mol. The van der Waals surface area contributed by atoms with Gasteiger partial charge in [0.1, 0.15) is 5.84 Å². The Balaban J connectivity index is 2.15. The number of nitrogens with two attached hydrogens (primary N) is 1. The van der Waals surface area contributed by atoms with Crippen molar-refractivity contribution in [3.8, 4) is 0 Å². The number of benzene rings is 1. The highest BCUT2D eigenvalue weighted by Crippen LogP contribution is 2.18. The van der Waals surface area contributed by atoms with E-state index in [0.29, 0.717) is 30.9 Å². The molecule has 1 aliphatic heterocycles. The maximum atomic E-state index is 12.4. The smallest absolute Gasteiger partial charge is 0.262 e. The van der Waals surface area contributed by atoms with Crippen molar-refractivity contribution in [2.24, 2.45) is 10.7 Å². The third-order valence-corrected chi connectivity index (χ3v) is 5.20. The third-order valence-electron chi connectivity index (χ3n) is 3.82. The minimum absolute atomic E-state index is 0.0733. The van der Waals surface area contributed by atoms with Crippen LogP contribution in [0.15, 0.2) is 34.2 Å². The molecule has 0 saturated heterocycles. The standard InChI is InChI=1S/C16H24N4O3S/c1-3-9-16(2,17)15(21)19-12-6-4-7-13(11-12)24(22,23)20-14-8-5-10-18-14/h4,6-7,11H,3,5,8-10,17H2,1-2H3,(H,18,20)(H,19,21). The zero-order valence-corrected chi connectivity index (χ0v) is 14.8. The monoisotopic (exact) mass is 352 g/mol. The summed E-state index contributed by atoms with van der Waals surface area (Å²) in [6.45, 7) is 4.25. The van der Waals surface area contributed by atoms with E-state index < -0.39 is 15.6 Å². The maximum Gasteiger partial charge on any atom is 0.262 e. The van der Waals surface area contributed by atoms with E-state index in [1.807, 2.05) is 6.92 Å². The van der Waals surface area contributed by atoms with Gasteiger partial charge in [0, 0.05) is 18.7 Å². The lowest BCUT2D eigenvalue weighted by atomic mass is 9.96. The van der Waals surface area contributed by atoms with Crippen LogP contribution in [0.1, 0.15) is 39.5 Å². The zero-order chi connectivity index (χ0) is 17.8. The molecule has 0 aliphatic carbocycles. The van der Waals surface area contributed by atoms with Crippen LogP contribution in [0.5, 0.6) is 0 Å². The molecule has 8 heteroatoms. The molecule has 24 heavy (non-hydrogen) atoms. The summed E-state index contributed by atoms with van der Waals surface area (Å²) in [5.74, 6) is 0.133. The predicted octanol–water partition coefficient (Wildman–Crippen LogP) is 1.61. The molecule has 4 N–H and O–H groups in total. The predicted molar refractivity (Wildman–Crippen MR) is 94.4 cm³/mol. The summed E-state index contributed by atoms with van der Waals surface area (Å²) < 4.78 is 27.3. The topological polar surface area (TPSA) is 114 Å². The SMILES string of the molecule is CCCC(C)(N)C(=O)Nc1cccc(S(=O)(=O)NC2=NCCC2)c1. The van der Waals surface area contributed by atoms with Gasteiger partial charge in [-0.1, -0.05) is 19.4 Å². The summed E-state index contributed by atoms with van der Waals surface area (Å²) in [4.78, 5) is 16.4. The summed E-state index contributed by atoms with van der Waals surface area (Å²) in [6, 6.07) is 6.10. The molecule has 2 rings (SSSR count). The van der Waals surface area contributed by atoms with Gasteiger partial charge in [-0.3, -0.25) is 14.5 Å². The zero-order valence-electron chi connectivity index (χ0n) is 14.0. The summed E-state index contributed by atoms with van der Waals surface area (Å²) in [6.07, 6.45) is 2.79. The molecule has 0 fully saturated rings. The van der Waals surface area contributed by atoms with Crippen LogP contribution < -0.4 is 15.8 Å². The maximum absolute atomic E-state index is 12.4. The number of hydrogen-bond donors (Lipinski definition) is 3. The van der Waals surface area contributed by atoms with Crippen molar-refractivity contribution in [1.29, 1.82) is 0 Å². The van der Waals surface area contributed by atoms with Crippen molar-refractivity contribution in [2.75, 3.05) is 11.9 Å². The van der Waals surface area contributed by atoms with E-state index in [4.69, 9.17) is 5.73 Å². The average molecular weight is 352 g/mol. The van der Waals surface area contributed by atoms with Crippen LogP contribution in [0.3, 0.4) is 0 Å². The first-order valence-electron chi connectivity index (χ1n) is 8.01. The molecule has 0 saturated carbocycles. The summed E-state index contributed by atoms with van der Waals surface area (Å²) in [5.41, 5.74) is 5.39. The van der Waals surface area contributed by atoms with Gasteiger partial charge in [-0.2, -0.15) is 0 Å². The summed E-state index contributed by atoms with van der Waals surface area (Å²) in [5, 5.41) is 2.69. The van der Waals surface area contributed by atoms with Gasteiger partial charge in [0.05, 0.1) is 10.4 Å². The molecule has 1 atom stereocenters. The molecule has 0 bridgehead atoms. The number of amides is 1. The van der Waals surface area contributed by atoms with Crippen molar-refractivity contribution >= 4 is 27.5 Å². The Kier molecular flexibility index (Phi) is 5.61. The molecule has 7 nitrogen and oxygen atoms in total. The van der Waals surface area contributed by atoms with E-state index in [0.717, 1.165) is 12.8 Å². The molecule has 0 spiro atoms. The number of anilines is 1. The van der Waals surface area contributed by atoms with Crippen LogP contribution in [0.4, 0.5) is 5.69 Å². The largest absolute Gasteiger partial charge is 0.324 e. The second-order valence-electron chi connectivity index (χ2n) is 6.19. The summed E-state index contributed by atoms with van der Waals surface area (Å²) >= 11 is 0. The number of nitrogens with one attached hydrogen (secondary N) is 2. The van der Waals surface area contributed by atoms with Gasteiger partial charge in [-0.25, -0.2) is 8.42 Å². The van der Waals surface area contributed by atoms with E-state index in [2.05, 4.69) is 15.0 Å². The van der Waals surface area contributed by atoms with Crippen LogP contribution in [0, 0.1) is 0 Å². The fourth-order valence-corrected chi connectivity index (χ4v) is 3.62. The number of amidine groups is 1. The first-order chi connectivity index (χ1) is 11.2. The minimum Gasteiger partial charge on any atom is -0.324 e. The molecule has 1 heterocycles. The minimum atomic E-state index is -3.71. The molecule has 0 radical (unpaired) electrons. The first kappa shape index (κ1) is 18.4. The Bertz CT molecular complexity index is 741. The molecule has 1 amide bonds. The van der Waals surface area contributed by atoms with Crippen LogP contribution >= 0.6 is 0 Å². The highest BCUT2D eigenvalue weighted by molar-refractivity contribution is 7.90. The fraction of sp³-hybridized carbons (Fsp3) is 0.500. The first-order valence-corrected chi connectivity index (χ1v) is 9.49. The Morgan fingerprint density at radius 3 is 2.79 bits per heavy atom. The van der Waals surface area contributed by atoms with Gasteiger partial charge < -0.3 is 11.1 Å². The van der Waals surface area contributed by atoms with E-state index in [9.17, 15) is 13.2 Å². The number of nitrogens with zero attached hydrogens (tertiary/aromatic N) is 1. The Morgan fingerprint density at radius 2 is 2.17 bits per heavy atom. The van der Waals surface area contributed by atoms with Crippen molar-refractivity contribution in [1.82, 2.24) is 4.72 Å². The highest BCUT2D eigenvalue weighted by atomic mass is 32.2. The third kappa shape index (κ3) is 4.55. The lowest BCUT2D eigenvalue weighted by molar-refractivity contribution is -0.120. The van der Waals surface area contributed by atoms with Gasteiger partial charge >= 0.3 is 0 Å². The van der Waals surface area contributed by atoms with Gasteiger partial charge in [-0.15, -0.1) is 0 Å². The van der Waals surface area contributed by atoms with Crippen LogP contribution in [-0.2, 0) is 14.8 Å². The van der Waals surface area contributed by atoms with Crippen molar-refractivity contribution in [3.63, 3.8) is 0 Å². The Morgan fingerprint density at radius 1 is 1.42 bits per heavy atom. The molecule has 1 aliphatic rings. The quantitative estimate of drug-likeness (QED) is 0.721. The van der Waals surface area contributed by atoms with Crippen LogP contribution in [0.2, 0.25) is 0 Å². The lowest BCUT2D eigenvalue weighted by Gasteiger charge is -2.23. The van der Waals surface area contributed by atoms with E-state index >= 15 is 0 Å². The highest BCUT2D eigenvalue weighted by Gasteiger charge is 2.27. The molecule has 1 aromatic rings. The molecule has 1 unspecified atom stereocenters. The number of hydrogen-bond acceptors (Lipinski definition) is 5. The average Bonchev–Trinajstić information content (AvgIpc) is 2.99. The fourth-order valence-electron chi connectivity index (χ4n) is 2.48. The van der Waals surface area contributed by atoms with E-state index in [1.165, 1.54) is 12.1 Å². The number of aliphatic imine (C=N–C) groups is 1. The second kappa shape index (κ2) is 7.31. The van der Waals surface area contributed by atoms with Gasteiger partial charge in [0.25, 0.3) is 10.0 Å². The van der Waals surface area contributed by atoms with E-state index in [-0.39, 0.29) is 10.8 Å². The van der Waals surface area contributed by atoms with Crippen LogP contribution in [-0.4, -0.2) is 32.2 Å². The van der Waals surface area contributed by atoms with Gasteiger partial charge in [0.2, 0.25) is 5.91 Å². The second-order valence-corrected chi connectivity index (χ2v) is 7.87. The van der Waals surface area contributed by atoms with Gasteiger partial charge in [0.15, 0.2) is 0 Å². The number of rotatable bonds is 6. The van der Waals surface area contributed by atoms with Gasteiger partial charge in [-0.05, 0) is 38.0 Å². The van der Waals surface area contributed by atoms with E-state index in [1.54, 1.807) is 19.1 Å². The molecule has 0 aromatic heterocycles. The number of carbonyl (C=O) groups is 1. The summed E-state index contributed by atoms with van der Waals surface area (Å²) in [7, 11) is -3.71. The Labute approximate surface area is 142 Å².